The predicted octanol–water partition coefficient (Wildman–Crippen LogP) is 9.05. The number of unbranched alkanes of at least 4 members (excludes halogenated alkanes) is 18. The molecule has 2 heteroatoms. The molecule has 0 rings (SSSR count). The van der Waals surface area contributed by atoms with Gasteiger partial charge in [0.25, 0.3) is 0 Å². The lowest BCUT2D eigenvalue weighted by Gasteiger charge is -2.29. The number of hydroxylamine groups is 3. The minimum atomic E-state index is 0.314. The molecule has 0 aliphatic heterocycles. The van der Waals surface area contributed by atoms with E-state index in [1.54, 1.807) is 0 Å². The van der Waals surface area contributed by atoms with Gasteiger partial charge in [-0.15, -0.1) is 0 Å². The summed E-state index contributed by atoms with van der Waals surface area (Å²) in [5.41, 5.74) is 0. The molecule has 0 spiro atoms. The Kier molecular flexibility index (Phi) is 21.6. The summed E-state index contributed by atoms with van der Waals surface area (Å²) in [4.78, 5) is 0. The molecule has 0 fully saturated rings. The van der Waals surface area contributed by atoms with Crippen molar-refractivity contribution in [1.29, 1.82) is 0 Å². The van der Waals surface area contributed by atoms with Crippen molar-refractivity contribution in [2.24, 2.45) is 0 Å². The second-order valence-electron chi connectivity index (χ2n) is 9.22. The Labute approximate surface area is 179 Å². The maximum atomic E-state index is 10.8. The highest BCUT2D eigenvalue weighted by Crippen LogP contribution is 2.15. The van der Waals surface area contributed by atoms with Crippen LogP contribution in [-0.4, -0.2) is 29.5 Å². The molecular weight excluding hydrogens is 342 g/mol. The second-order valence-corrected chi connectivity index (χ2v) is 9.22. The van der Waals surface area contributed by atoms with Gasteiger partial charge in [0.15, 0.2) is 0 Å². The largest absolute Gasteiger partial charge is 0.217 e. The molecule has 0 aromatic carbocycles. The lowest BCUT2D eigenvalue weighted by Crippen LogP contribution is -2.46. The van der Waals surface area contributed by atoms with Gasteiger partial charge in [0.2, 0.25) is 0 Å². The van der Waals surface area contributed by atoms with Gasteiger partial charge in [-0.3, -0.25) is 0 Å². The summed E-state index contributed by atoms with van der Waals surface area (Å²) in [6.45, 7) is 9.51. The third-order valence-corrected chi connectivity index (χ3v) is 6.44. The van der Waals surface area contributed by atoms with Gasteiger partial charge in [-0.1, -0.05) is 117 Å². The van der Waals surface area contributed by atoms with E-state index in [0.717, 1.165) is 19.6 Å². The minimum absolute atomic E-state index is 0.314. The summed E-state index contributed by atoms with van der Waals surface area (Å²) in [5, 5.41) is 10.8. The fraction of sp³-hybridized carbons (Fsp3) is 1.00. The third-order valence-electron chi connectivity index (χ3n) is 6.44. The van der Waals surface area contributed by atoms with Gasteiger partial charge in [0.1, 0.15) is 19.6 Å². The van der Waals surface area contributed by atoms with E-state index in [-0.39, 0.29) is 0 Å². The standard InChI is InChI=1S/C26H56NO/c1-4-7-9-11-13-15-17-19-21-23-25-27(28,6-3)26-24-22-20-18-16-14-12-10-8-5-2/h28H,4-26H2,1-3H3/q+1. The van der Waals surface area contributed by atoms with Gasteiger partial charge < -0.3 is 0 Å². The molecule has 0 aromatic rings. The second kappa shape index (κ2) is 21.6. The molecular formula is C26H56NO+. The first-order chi connectivity index (χ1) is 13.7. The molecule has 0 aromatic heterocycles. The van der Waals surface area contributed by atoms with Gasteiger partial charge in [-0.05, 0) is 32.6 Å². The van der Waals surface area contributed by atoms with Gasteiger partial charge in [-0.2, -0.15) is 4.65 Å². The smallest absolute Gasteiger partial charge is 0.109 e. The molecule has 0 amide bonds. The van der Waals surface area contributed by atoms with Crippen molar-refractivity contribution in [3.05, 3.63) is 0 Å². The van der Waals surface area contributed by atoms with Crippen molar-refractivity contribution < 1.29 is 9.85 Å². The van der Waals surface area contributed by atoms with Crippen LogP contribution in [0.15, 0.2) is 0 Å². The normalized spacial score (nSPS) is 12.0. The Balaban J connectivity index is 3.47. The molecule has 170 valence electrons. The topological polar surface area (TPSA) is 20.2 Å². The summed E-state index contributed by atoms with van der Waals surface area (Å²) >= 11 is 0. The van der Waals surface area contributed by atoms with Crippen LogP contribution in [0.25, 0.3) is 0 Å². The van der Waals surface area contributed by atoms with Crippen LogP contribution in [0.4, 0.5) is 0 Å². The van der Waals surface area contributed by atoms with E-state index in [2.05, 4.69) is 20.8 Å². The lowest BCUT2D eigenvalue weighted by molar-refractivity contribution is -1.10. The Morgan fingerprint density at radius 2 is 0.643 bits per heavy atom. The zero-order valence-corrected chi connectivity index (χ0v) is 20.2. The highest BCUT2D eigenvalue weighted by Gasteiger charge is 2.21. The Morgan fingerprint density at radius 3 is 0.893 bits per heavy atom. The van der Waals surface area contributed by atoms with E-state index < -0.39 is 0 Å². The molecule has 0 bridgehead atoms. The lowest BCUT2D eigenvalue weighted by atomic mass is 10.1. The quantitative estimate of drug-likeness (QED) is 0.103. The average molecular weight is 399 g/mol. The first-order valence-electron chi connectivity index (χ1n) is 13.3. The summed E-state index contributed by atoms with van der Waals surface area (Å²) in [6, 6.07) is 0. The molecule has 0 atom stereocenters. The third kappa shape index (κ3) is 19.2. The fourth-order valence-electron chi connectivity index (χ4n) is 4.22. The van der Waals surface area contributed by atoms with Crippen LogP contribution in [-0.2, 0) is 0 Å². The number of nitrogens with zero attached hydrogens (tertiary/aromatic N) is 1. The molecule has 0 heterocycles. The molecule has 0 aliphatic carbocycles. The number of hydrogen-bond acceptors (Lipinski definition) is 1. The molecule has 0 saturated heterocycles. The van der Waals surface area contributed by atoms with Crippen LogP contribution < -0.4 is 0 Å². The highest BCUT2D eigenvalue weighted by molar-refractivity contribution is 4.49. The fourth-order valence-corrected chi connectivity index (χ4v) is 4.22. The highest BCUT2D eigenvalue weighted by atomic mass is 16.5. The summed E-state index contributed by atoms with van der Waals surface area (Å²) in [5.74, 6) is 0. The number of rotatable bonds is 23. The van der Waals surface area contributed by atoms with E-state index >= 15 is 0 Å². The van der Waals surface area contributed by atoms with E-state index in [0.29, 0.717) is 4.65 Å². The van der Waals surface area contributed by atoms with Crippen molar-refractivity contribution >= 4 is 0 Å². The maximum absolute atomic E-state index is 10.8. The Morgan fingerprint density at radius 1 is 0.393 bits per heavy atom. The molecule has 1 N–H and O–H groups in total. The van der Waals surface area contributed by atoms with Crippen molar-refractivity contribution in [3.63, 3.8) is 0 Å². The van der Waals surface area contributed by atoms with Crippen LogP contribution in [0.1, 0.15) is 149 Å². The van der Waals surface area contributed by atoms with Crippen LogP contribution in [0.2, 0.25) is 0 Å². The molecule has 28 heavy (non-hydrogen) atoms. The minimum Gasteiger partial charge on any atom is -0.217 e. The average Bonchev–Trinajstić information content (AvgIpc) is 2.71. The van der Waals surface area contributed by atoms with Gasteiger partial charge >= 0.3 is 0 Å². The Hall–Kier alpha value is -0.0800. The SMILES string of the molecule is CCCCCCCCCCCC[N+](O)(CC)CCCCCCCCCCCC. The molecule has 0 aliphatic rings. The van der Waals surface area contributed by atoms with Gasteiger partial charge in [-0.25, -0.2) is 5.21 Å². The van der Waals surface area contributed by atoms with Crippen LogP contribution in [0.3, 0.4) is 0 Å². The predicted molar refractivity (Wildman–Crippen MR) is 126 cm³/mol. The van der Waals surface area contributed by atoms with Crippen molar-refractivity contribution in [2.45, 2.75) is 149 Å². The number of quaternary nitrogens is 1. The van der Waals surface area contributed by atoms with E-state index in [4.69, 9.17) is 0 Å². The first kappa shape index (κ1) is 27.9. The van der Waals surface area contributed by atoms with Crippen molar-refractivity contribution in [1.82, 2.24) is 0 Å². The molecule has 0 saturated carbocycles. The first-order valence-corrected chi connectivity index (χ1v) is 13.3. The van der Waals surface area contributed by atoms with Crippen molar-refractivity contribution in [3.8, 4) is 0 Å². The molecule has 0 radical (unpaired) electrons. The summed E-state index contributed by atoms with van der Waals surface area (Å²) < 4.78 is 0.314. The van der Waals surface area contributed by atoms with Gasteiger partial charge in [0.05, 0.1) is 0 Å². The van der Waals surface area contributed by atoms with Gasteiger partial charge in [0, 0.05) is 0 Å². The van der Waals surface area contributed by atoms with E-state index in [9.17, 15) is 5.21 Å². The number of hydrogen-bond donors (Lipinski definition) is 1. The summed E-state index contributed by atoms with van der Waals surface area (Å²) in [7, 11) is 0. The van der Waals surface area contributed by atoms with Crippen LogP contribution >= 0.6 is 0 Å². The van der Waals surface area contributed by atoms with Crippen LogP contribution in [0, 0.1) is 0 Å². The zero-order chi connectivity index (χ0) is 20.8. The summed E-state index contributed by atoms with van der Waals surface area (Å²) in [6.07, 6.45) is 27.4. The van der Waals surface area contributed by atoms with Crippen LogP contribution in [0.5, 0.6) is 0 Å². The molecule has 0 unspecified atom stereocenters. The monoisotopic (exact) mass is 398 g/mol. The maximum Gasteiger partial charge on any atom is 0.109 e. The van der Waals surface area contributed by atoms with E-state index in [1.165, 1.54) is 128 Å². The molecule has 2 nitrogen and oxygen atoms in total. The van der Waals surface area contributed by atoms with Crippen molar-refractivity contribution in [2.75, 3.05) is 19.6 Å². The zero-order valence-electron chi connectivity index (χ0n) is 20.2. The van der Waals surface area contributed by atoms with E-state index in [1.807, 2.05) is 0 Å². The Bertz CT molecular complexity index is 268.